The summed E-state index contributed by atoms with van der Waals surface area (Å²) in [6, 6.07) is 0. The fourth-order valence-electron chi connectivity index (χ4n) is 1.55. The predicted octanol–water partition coefficient (Wildman–Crippen LogP) is 1.21. The molecule has 19 heavy (non-hydrogen) atoms. The molecule has 0 aliphatic heterocycles. The van der Waals surface area contributed by atoms with Crippen molar-refractivity contribution in [3.8, 4) is 0 Å². The normalized spacial score (nSPS) is 14.7. The first kappa shape index (κ1) is 14.7. The minimum absolute atomic E-state index is 0.0744. The number of allylic oxidation sites excluding steroid dienone is 3. The second-order valence-electron chi connectivity index (χ2n) is 4.23. The molecule has 3 N–H and O–H groups in total. The van der Waals surface area contributed by atoms with Crippen LogP contribution in [0.4, 0.5) is 0 Å². The fraction of sp³-hybridized carbons (Fsp3) is 0.308. The SMILES string of the molecule is CC1=CC=C(C(=O)O)C=C(NC(=O)CCC(=O)O)C1. The molecule has 0 atom stereocenters. The number of amides is 1. The van der Waals surface area contributed by atoms with Crippen LogP contribution in [-0.2, 0) is 14.4 Å². The zero-order valence-corrected chi connectivity index (χ0v) is 10.5. The van der Waals surface area contributed by atoms with Crippen LogP contribution in [-0.4, -0.2) is 28.1 Å². The predicted molar refractivity (Wildman–Crippen MR) is 67.2 cm³/mol. The van der Waals surface area contributed by atoms with E-state index in [-0.39, 0.29) is 18.4 Å². The summed E-state index contributed by atoms with van der Waals surface area (Å²) in [5.41, 5.74) is 1.43. The number of hydrogen-bond donors (Lipinski definition) is 3. The maximum atomic E-state index is 11.5. The maximum absolute atomic E-state index is 11.5. The number of carboxylic acid groups (broad SMARTS) is 2. The van der Waals surface area contributed by atoms with E-state index in [9.17, 15) is 14.4 Å². The average Bonchev–Trinajstić information content (AvgIpc) is 2.48. The summed E-state index contributed by atoms with van der Waals surface area (Å²) < 4.78 is 0. The summed E-state index contributed by atoms with van der Waals surface area (Å²) in [6.07, 6.45) is 4.56. The van der Waals surface area contributed by atoms with E-state index in [1.165, 1.54) is 12.2 Å². The molecule has 102 valence electrons. The first-order valence-corrected chi connectivity index (χ1v) is 5.71. The van der Waals surface area contributed by atoms with Crippen LogP contribution in [0, 0.1) is 0 Å². The van der Waals surface area contributed by atoms with Gasteiger partial charge in [-0.2, -0.15) is 0 Å². The van der Waals surface area contributed by atoms with Crippen molar-refractivity contribution in [1.82, 2.24) is 5.32 Å². The lowest BCUT2D eigenvalue weighted by atomic mass is 10.1. The molecule has 0 saturated carbocycles. The van der Waals surface area contributed by atoms with Gasteiger partial charge in [0.25, 0.3) is 0 Å². The van der Waals surface area contributed by atoms with Gasteiger partial charge in [0.15, 0.2) is 0 Å². The number of nitrogens with one attached hydrogen (secondary N) is 1. The Morgan fingerprint density at radius 1 is 1.21 bits per heavy atom. The molecule has 6 nitrogen and oxygen atoms in total. The van der Waals surface area contributed by atoms with Crippen molar-refractivity contribution in [1.29, 1.82) is 0 Å². The standard InChI is InChI=1S/C13H15NO5/c1-8-2-3-9(13(18)19)7-10(6-8)14-11(15)4-5-12(16)17/h2-3,7H,4-6H2,1H3,(H,14,15)(H,16,17)(H,18,19). The third-order valence-electron chi connectivity index (χ3n) is 2.46. The minimum atomic E-state index is -1.08. The van der Waals surface area contributed by atoms with Crippen LogP contribution in [0.3, 0.4) is 0 Å². The van der Waals surface area contributed by atoms with Gasteiger partial charge in [-0.15, -0.1) is 0 Å². The van der Waals surface area contributed by atoms with Gasteiger partial charge in [-0.1, -0.05) is 11.6 Å². The molecule has 1 rings (SSSR count). The number of carbonyl (C=O) groups is 3. The Hall–Kier alpha value is -2.37. The van der Waals surface area contributed by atoms with Crippen LogP contribution in [0.15, 0.2) is 35.1 Å². The van der Waals surface area contributed by atoms with Crippen molar-refractivity contribution in [3.63, 3.8) is 0 Å². The molecule has 0 aromatic rings. The molecule has 0 bridgehead atoms. The van der Waals surface area contributed by atoms with Gasteiger partial charge in [-0.05, 0) is 19.1 Å². The molecule has 1 aliphatic carbocycles. The summed E-state index contributed by atoms with van der Waals surface area (Å²) in [6.45, 7) is 1.82. The third-order valence-corrected chi connectivity index (χ3v) is 2.46. The van der Waals surface area contributed by atoms with Crippen LogP contribution in [0.5, 0.6) is 0 Å². The molecule has 0 aromatic carbocycles. The van der Waals surface area contributed by atoms with Gasteiger partial charge in [0.2, 0.25) is 5.91 Å². The Morgan fingerprint density at radius 3 is 2.47 bits per heavy atom. The Bertz CT molecular complexity index is 499. The third kappa shape index (κ3) is 5.20. The second kappa shape index (κ2) is 6.53. The molecule has 0 spiro atoms. The molecule has 1 amide bonds. The van der Waals surface area contributed by atoms with Gasteiger partial charge in [0.05, 0.1) is 12.0 Å². The molecule has 0 radical (unpaired) electrons. The molecule has 0 heterocycles. The summed E-state index contributed by atoms with van der Waals surface area (Å²) >= 11 is 0. The van der Waals surface area contributed by atoms with Crippen LogP contribution < -0.4 is 5.32 Å². The average molecular weight is 265 g/mol. The lowest BCUT2D eigenvalue weighted by Gasteiger charge is -2.09. The van der Waals surface area contributed by atoms with E-state index >= 15 is 0 Å². The van der Waals surface area contributed by atoms with E-state index in [0.717, 1.165) is 5.57 Å². The van der Waals surface area contributed by atoms with Crippen LogP contribution in [0.1, 0.15) is 26.2 Å². The number of aliphatic carboxylic acids is 2. The first-order chi connectivity index (χ1) is 8.88. The quantitative estimate of drug-likeness (QED) is 0.693. The van der Waals surface area contributed by atoms with Crippen LogP contribution in [0.2, 0.25) is 0 Å². The minimum Gasteiger partial charge on any atom is -0.481 e. The zero-order valence-electron chi connectivity index (χ0n) is 10.5. The van der Waals surface area contributed by atoms with Crippen LogP contribution >= 0.6 is 0 Å². The first-order valence-electron chi connectivity index (χ1n) is 5.71. The highest BCUT2D eigenvalue weighted by Crippen LogP contribution is 2.16. The second-order valence-corrected chi connectivity index (χ2v) is 4.23. The van der Waals surface area contributed by atoms with Crippen molar-refractivity contribution in [2.75, 3.05) is 0 Å². The lowest BCUT2D eigenvalue weighted by molar-refractivity contribution is -0.138. The summed E-state index contributed by atoms with van der Waals surface area (Å²) in [5.74, 6) is -2.57. The Kier molecular flexibility index (Phi) is 5.05. The summed E-state index contributed by atoms with van der Waals surface area (Å²) in [4.78, 5) is 32.8. The molecule has 0 fully saturated rings. The highest BCUT2D eigenvalue weighted by molar-refractivity contribution is 5.91. The van der Waals surface area contributed by atoms with E-state index in [0.29, 0.717) is 12.1 Å². The molecule has 0 unspecified atom stereocenters. The van der Waals surface area contributed by atoms with Gasteiger partial charge < -0.3 is 15.5 Å². The van der Waals surface area contributed by atoms with E-state index in [2.05, 4.69) is 5.32 Å². The number of carbonyl (C=O) groups excluding carboxylic acids is 1. The van der Waals surface area contributed by atoms with Crippen molar-refractivity contribution < 1.29 is 24.6 Å². The van der Waals surface area contributed by atoms with Gasteiger partial charge >= 0.3 is 11.9 Å². The molecular formula is C13H15NO5. The number of rotatable bonds is 5. The Balaban J connectivity index is 2.74. The topological polar surface area (TPSA) is 104 Å². The van der Waals surface area contributed by atoms with Gasteiger partial charge in [0, 0.05) is 18.5 Å². The van der Waals surface area contributed by atoms with E-state index in [1.54, 1.807) is 6.08 Å². The van der Waals surface area contributed by atoms with Gasteiger partial charge in [-0.3, -0.25) is 9.59 Å². The van der Waals surface area contributed by atoms with Crippen LogP contribution in [0.25, 0.3) is 0 Å². The van der Waals surface area contributed by atoms with E-state index in [4.69, 9.17) is 10.2 Å². The molecule has 0 aromatic heterocycles. The largest absolute Gasteiger partial charge is 0.481 e. The molecular weight excluding hydrogens is 250 g/mol. The van der Waals surface area contributed by atoms with Gasteiger partial charge in [-0.25, -0.2) is 4.79 Å². The Morgan fingerprint density at radius 2 is 1.89 bits per heavy atom. The molecule has 6 heteroatoms. The lowest BCUT2D eigenvalue weighted by Crippen LogP contribution is -2.23. The fourth-order valence-corrected chi connectivity index (χ4v) is 1.55. The Labute approximate surface area is 110 Å². The number of carboxylic acids is 2. The van der Waals surface area contributed by atoms with Crippen molar-refractivity contribution in [2.24, 2.45) is 0 Å². The van der Waals surface area contributed by atoms with Crippen molar-refractivity contribution in [3.05, 3.63) is 35.1 Å². The number of hydrogen-bond acceptors (Lipinski definition) is 3. The van der Waals surface area contributed by atoms with Crippen molar-refractivity contribution >= 4 is 17.8 Å². The van der Waals surface area contributed by atoms with Gasteiger partial charge in [0.1, 0.15) is 0 Å². The highest BCUT2D eigenvalue weighted by atomic mass is 16.4. The maximum Gasteiger partial charge on any atom is 0.335 e. The monoisotopic (exact) mass is 265 g/mol. The summed E-state index contributed by atoms with van der Waals surface area (Å²) in [5, 5.41) is 20.0. The molecule has 1 aliphatic rings. The smallest absolute Gasteiger partial charge is 0.335 e. The van der Waals surface area contributed by atoms with Crippen molar-refractivity contribution in [2.45, 2.75) is 26.2 Å². The summed E-state index contributed by atoms with van der Waals surface area (Å²) in [7, 11) is 0. The van der Waals surface area contributed by atoms with E-state index < -0.39 is 17.8 Å². The molecule has 0 saturated heterocycles. The van der Waals surface area contributed by atoms with E-state index in [1.807, 2.05) is 6.92 Å². The highest BCUT2D eigenvalue weighted by Gasteiger charge is 2.12. The zero-order chi connectivity index (χ0) is 14.4.